The van der Waals surface area contributed by atoms with Crippen LogP contribution in [-0.2, 0) is 0 Å². The Morgan fingerprint density at radius 3 is 2.38 bits per heavy atom. The molecule has 2 aromatic carbocycles. The molecule has 0 saturated carbocycles. The van der Waals surface area contributed by atoms with E-state index in [0.717, 1.165) is 35.0 Å². The zero-order chi connectivity index (χ0) is 18.4. The molecule has 0 radical (unpaired) electrons. The number of hydrazone groups is 1. The van der Waals surface area contributed by atoms with Gasteiger partial charge in [0.05, 0.1) is 11.9 Å². The smallest absolute Gasteiger partial charge is 0.204 e. The number of nitrogens with zero attached hydrogens (tertiary/aromatic N) is 3. The lowest BCUT2D eigenvalue weighted by Gasteiger charge is -2.20. The molecule has 3 rings (SSSR count). The second kappa shape index (κ2) is 8.63. The highest BCUT2D eigenvalue weighted by atomic mass is 32.1. The first kappa shape index (κ1) is 18.1. The van der Waals surface area contributed by atoms with Crippen molar-refractivity contribution in [1.82, 2.24) is 4.98 Å². The fraction of sp³-hybridized carbons (Fsp3) is 0.238. The third-order valence-electron chi connectivity index (χ3n) is 4.24. The van der Waals surface area contributed by atoms with Gasteiger partial charge in [0.25, 0.3) is 0 Å². The van der Waals surface area contributed by atoms with Crippen molar-refractivity contribution in [2.24, 2.45) is 5.10 Å². The lowest BCUT2D eigenvalue weighted by Crippen LogP contribution is -2.21. The van der Waals surface area contributed by atoms with Crippen LogP contribution in [0.1, 0.15) is 24.3 Å². The van der Waals surface area contributed by atoms with Gasteiger partial charge in [0.15, 0.2) is 0 Å². The summed E-state index contributed by atoms with van der Waals surface area (Å²) >= 11 is 1.61. The Hall–Kier alpha value is -2.66. The van der Waals surface area contributed by atoms with Crippen LogP contribution in [0.5, 0.6) is 0 Å². The van der Waals surface area contributed by atoms with Crippen LogP contribution < -0.4 is 10.3 Å². The summed E-state index contributed by atoms with van der Waals surface area (Å²) in [7, 11) is 0. The third kappa shape index (κ3) is 4.29. The zero-order valence-electron chi connectivity index (χ0n) is 15.4. The lowest BCUT2D eigenvalue weighted by molar-refractivity contribution is 0.866. The molecular formula is C21H24N4S. The molecule has 5 heteroatoms. The highest BCUT2D eigenvalue weighted by Crippen LogP contribution is 2.30. The van der Waals surface area contributed by atoms with Gasteiger partial charge in [0, 0.05) is 29.2 Å². The van der Waals surface area contributed by atoms with Gasteiger partial charge in [0.2, 0.25) is 5.13 Å². The molecule has 134 valence electrons. The largest absolute Gasteiger partial charge is 0.372 e. The summed E-state index contributed by atoms with van der Waals surface area (Å²) in [5.74, 6) is 0. The van der Waals surface area contributed by atoms with Crippen LogP contribution in [0, 0.1) is 6.92 Å². The van der Waals surface area contributed by atoms with Gasteiger partial charge in [-0.1, -0.05) is 42.5 Å². The fourth-order valence-electron chi connectivity index (χ4n) is 2.83. The van der Waals surface area contributed by atoms with Gasteiger partial charge in [-0.15, -0.1) is 11.3 Å². The maximum Gasteiger partial charge on any atom is 0.204 e. The maximum atomic E-state index is 4.66. The topological polar surface area (TPSA) is 40.5 Å². The summed E-state index contributed by atoms with van der Waals surface area (Å²) in [5, 5.41) is 5.14. The molecule has 1 N–H and O–H groups in total. The minimum absolute atomic E-state index is 0.803. The summed E-state index contributed by atoms with van der Waals surface area (Å²) in [4.78, 5) is 8.16. The molecule has 0 bridgehead atoms. The van der Waals surface area contributed by atoms with Crippen LogP contribution in [-0.4, -0.2) is 24.3 Å². The van der Waals surface area contributed by atoms with Crippen molar-refractivity contribution in [2.45, 2.75) is 20.8 Å². The molecule has 0 aliphatic carbocycles. The number of thiazole rings is 1. The van der Waals surface area contributed by atoms with E-state index in [-0.39, 0.29) is 0 Å². The Morgan fingerprint density at radius 2 is 1.73 bits per heavy atom. The summed E-state index contributed by atoms with van der Waals surface area (Å²) < 4.78 is 0. The highest BCUT2D eigenvalue weighted by Gasteiger charge is 2.08. The lowest BCUT2D eigenvalue weighted by atomic mass is 10.1. The predicted molar refractivity (Wildman–Crippen MR) is 114 cm³/mol. The molecule has 3 aromatic rings. The number of hydrogen-bond donors (Lipinski definition) is 1. The fourth-order valence-corrected chi connectivity index (χ4v) is 3.62. The van der Waals surface area contributed by atoms with E-state index in [1.807, 2.05) is 24.4 Å². The van der Waals surface area contributed by atoms with Crippen molar-refractivity contribution in [3.63, 3.8) is 0 Å². The number of rotatable bonds is 7. The van der Waals surface area contributed by atoms with Gasteiger partial charge in [-0.2, -0.15) is 5.10 Å². The van der Waals surface area contributed by atoms with Crippen LogP contribution in [0.4, 0.5) is 10.8 Å². The molecule has 0 aliphatic heterocycles. The first-order valence-corrected chi connectivity index (χ1v) is 9.69. The van der Waals surface area contributed by atoms with Gasteiger partial charge in [-0.25, -0.2) is 4.98 Å². The Bertz CT molecular complexity index is 849. The second-order valence-corrected chi connectivity index (χ2v) is 7.13. The van der Waals surface area contributed by atoms with Crippen LogP contribution in [0.3, 0.4) is 0 Å². The van der Waals surface area contributed by atoms with Crippen molar-refractivity contribution in [1.29, 1.82) is 0 Å². The quantitative estimate of drug-likeness (QED) is 0.450. The van der Waals surface area contributed by atoms with Crippen LogP contribution in [0.25, 0.3) is 11.3 Å². The van der Waals surface area contributed by atoms with Crippen LogP contribution >= 0.6 is 11.3 Å². The van der Waals surface area contributed by atoms with E-state index in [9.17, 15) is 0 Å². The number of aryl methyl sites for hydroxylation is 1. The Balaban J connectivity index is 1.66. The summed E-state index contributed by atoms with van der Waals surface area (Å²) in [6.07, 6.45) is 1.82. The molecule has 0 atom stereocenters. The average molecular weight is 365 g/mol. The normalized spacial score (nSPS) is 11.0. The third-order valence-corrected chi connectivity index (χ3v) is 5.11. The Kier molecular flexibility index (Phi) is 6.02. The van der Waals surface area contributed by atoms with E-state index in [2.05, 4.69) is 77.6 Å². The van der Waals surface area contributed by atoms with E-state index in [4.69, 9.17) is 0 Å². The first-order chi connectivity index (χ1) is 12.7. The van der Waals surface area contributed by atoms with E-state index >= 15 is 0 Å². The average Bonchev–Trinajstić information content (AvgIpc) is 3.05. The maximum absolute atomic E-state index is 4.66. The van der Waals surface area contributed by atoms with E-state index in [1.165, 1.54) is 10.6 Å². The van der Waals surface area contributed by atoms with Crippen molar-refractivity contribution < 1.29 is 0 Å². The monoisotopic (exact) mass is 364 g/mol. The zero-order valence-corrected chi connectivity index (χ0v) is 16.3. The van der Waals surface area contributed by atoms with Gasteiger partial charge < -0.3 is 4.90 Å². The van der Waals surface area contributed by atoms with Crippen molar-refractivity contribution in [3.8, 4) is 11.3 Å². The van der Waals surface area contributed by atoms with E-state index in [1.54, 1.807) is 11.3 Å². The highest BCUT2D eigenvalue weighted by molar-refractivity contribution is 7.15. The van der Waals surface area contributed by atoms with E-state index < -0.39 is 0 Å². The van der Waals surface area contributed by atoms with Crippen LogP contribution in [0.15, 0.2) is 59.7 Å². The molecule has 4 nitrogen and oxygen atoms in total. The number of aromatic nitrogens is 1. The van der Waals surface area contributed by atoms with Gasteiger partial charge >= 0.3 is 0 Å². The molecule has 0 amide bonds. The molecular weight excluding hydrogens is 340 g/mol. The predicted octanol–water partition coefficient (Wildman–Crippen LogP) is 5.41. The number of hydrogen-bond acceptors (Lipinski definition) is 5. The molecule has 0 aliphatic rings. The summed E-state index contributed by atoms with van der Waals surface area (Å²) in [5.41, 5.74) is 7.49. The number of nitrogens with one attached hydrogen (secondary N) is 1. The van der Waals surface area contributed by atoms with Gasteiger partial charge in [0.1, 0.15) is 0 Å². The molecule has 0 unspecified atom stereocenters. The molecule has 26 heavy (non-hydrogen) atoms. The minimum Gasteiger partial charge on any atom is -0.372 e. The van der Waals surface area contributed by atoms with Gasteiger partial charge in [-0.05, 0) is 38.5 Å². The van der Waals surface area contributed by atoms with Crippen molar-refractivity contribution >= 4 is 28.4 Å². The Morgan fingerprint density at radius 1 is 1.04 bits per heavy atom. The molecule has 1 heterocycles. The number of benzene rings is 2. The van der Waals surface area contributed by atoms with Gasteiger partial charge in [-0.3, -0.25) is 5.43 Å². The molecule has 0 spiro atoms. The summed E-state index contributed by atoms with van der Waals surface area (Å²) in [6, 6.07) is 18.7. The van der Waals surface area contributed by atoms with Crippen LogP contribution in [0.2, 0.25) is 0 Å². The SMILES string of the molecule is CCN(CC)c1ccc(C=NNc2nc(-c3ccccc3)c(C)s2)cc1. The standard InChI is InChI=1S/C21H24N4S/c1-4-25(5-2)19-13-11-17(12-14-19)15-22-24-21-23-20(16(3)26-21)18-9-7-6-8-10-18/h6-15H,4-5H2,1-3H3,(H,23,24). The first-order valence-electron chi connectivity index (χ1n) is 8.88. The van der Waals surface area contributed by atoms with Crippen molar-refractivity contribution in [2.75, 3.05) is 23.4 Å². The molecule has 1 aromatic heterocycles. The molecule has 0 fully saturated rings. The Labute approximate surface area is 159 Å². The van der Waals surface area contributed by atoms with E-state index in [0.29, 0.717) is 0 Å². The van der Waals surface area contributed by atoms with Crippen molar-refractivity contribution in [3.05, 3.63) is 65.0 Å². The minimum atomic E-state index is 0.803. The number of anilines is 2. The second-order valence-electron chi connectivity index (χ2n) is 5.92. The molecule has 0 saturated heterocycles. The summed E-state index contributed by atoms with van der Waals surface area (Å²) in [6.45, 7) is 8.45.